The number of esters is 1. The van der Waals surface area contributed by atoms with Crippen LogP contribution in [0.4, 0.5) is 10.1 Å². The highest BCUT2D eigenvalue weighted by Crippen LogP contribution is 2.25. The van der Waals surface area contributed by atoms with Crippen LogP contribution in [-0.2, 0) is 4.74 Å². The molecule has 0 atom stereocenters. The van der Waals surface area contributed by atoms with Gasteiger partial charge >= 0.3 is 5.97 Å². The predicted octanol–water partition coefficient (Wildman–Crippen LogP) is 2.76. The van der Waals surface area contributed by atoms with Crippen molar-refractivity contribution in [3.8, 4) is 5.75 Å². The molecular weight excluding hydrogens is 237 g/mol. The molecule has 0 bridgehead atoms. The number of hydrogen-bond acceptors (Lipinski definition) is 4. The molecule has 18 heavy (non-hydrogen) atoms. The van der Waals surface area contributed by atoms with Crippen LogP contribution < -0.4 is 10.5 Å². The number of nitrogen functional groups attached to an aromatic ring is 1. The van der Waals surface area contributed by atoms with E-state index in [9.17, 15) is 9.18 Å². The Balaban J connectivity index is 3.02. The van der Waals surface area contributed by atoms with E-state index in [1.165, 1.54) is 6.07 Å². The smallest absolute Gasteiger partial charge is 0.340 e. The van der Waals surface area contributed by atoms with Crippen LogP contribution >= 0.6 is 0 Å². The van der Waals surface area contributed by atoms with Crippen LogP contribution in [0.5, 0.6) is 5.75 Å². The van der Waals surface area contributed by atoms with E-state index < -0.39 is 11.8 Å². The van der Waals surface area contributed by atoms with Gasteiger partial charge in [-0.1, -0.05) is 6.92 Å². The third-order valence-electron chi connectivity index (χ3n) is 2.13. The molecule has 0 amide bonds. The third kappa shape index (κ3) is 3.61. The first-order chi connectivity index (χ1) is 8.45. The lowest BCUT2D eigenvalue weighted by Gasteiger charge is -2.13. The van der Waals surface area contributed by atoms with Crippen molar-refractivity contribution in [2.24, 2.45) is 0 Å². The number of carbonyl (C=O) groups is 1. The van der Waals surface area contributed by atoms with Crippen LogP contribution in [-0.4, -0.2) is 18.7 Å². The highest BCUT2D eigenvalue weighted by molar-refractivity contribution is 5.95. The summed E-state index contributed by atoms with van der Waals surface area (Å²) in [5.74, 6) is -1.06. The van der Waals surface area contributed by atoms with Crippen molar-refractivity contribution in [3.63, 3.8) is 0 Å². The van der Waals surface area contributed by atoms with E-state index in [1.807, 2.05) is 20.8 Å². The summed E-state index contributed by atoms with van der Waals surface area (Å²) in [5, 5.41) is 0. The van der Waals surface area contributed by atoms with Gasteiger partial charge in [0.25, 0.3) is 0 Å². The maximum atomic E-state index is 13.6. The number of ether oxygens (including phenoxy) is 2. The molecule has 0 heterocycles. The summed E-state index contributed by atoms with van der Waals surface area (Å²) < 4.78 is 23.8. The summed E-state index contributed by atoms with van der Waals surface area (Å²) in [6.07, 6.45) is 0.573. The lowest BCUT2D eigenvalue weighted by Crippen LogP contribution is -2.12. The van der Waals surface area contributed by atoms with E-state index in [1.54, 1.807) is 0 Å². The molecule has 5 heteroatoms. The number of rotatable bonds is 5. The van der Waals surface area contributed by atoms with Crippen molar-refractivity contribution in [2.45, 2.75) is 33.3 Å². The Morgan fingerprint density at radius 3 is 2.67 bits per heavy atom. The van der Waals surface area contributed by atoms with Crippen molar-refractivity contribution in [2.75, 3.05) is 12.3 Å². The summed E-state index contributed by atoms with van der Waals surface area (Å²) >= 11 is 0. The zero-order chi connectivity index (χ0) is 13.7. The van der Waals surface area contributed by atoms with E-state index >= 15 is 0 Å². The maximum absolute atomic E-state index is 13.6. The average molecular weight is 255 g/mol. The second-order valence-electron chi connectivity index (χ2n) is 4.17. The molecule has 0 aliphatic rings. The second kappa shape index (κ2) is 6.23. The van der Waals surface area contributed by atoms with Crippen LogP contribution in [0.3, 0.4) is 0 Å². The second-order valence-corrected chi connectivity index (χ2v) is 4.17. The number of halogens is 1. The molecule has 0 saturated carbocycles. The van der Waals surface area contributed by atoms with E-state index in [2.05, 4.69) is 0 Å². The van der Waals surface area contributed by atoms with Crippen molar-refractivity contribution in [3.05, 3.63) is 23.5 Å². The zero-order valence-electron chi connectivity index (χ0n) is 10.8. The van der Waals surface area contributed by atoms with E-state index in [4.69, 9.17) is 15.2 Å². The van der Waals surface area contributed by atoms with E-state index in [-0.39, 0.29) is 29.7 Å². The van der Waals surface area contributed by atoms with Gasteiger partial charge < -0.3 is 15.2 Å². The summed E-state index contributed by atoms with van der Waals surface area (Å²) in [4.78, 5) is 11.7. The highest BCUT2D eigenvalue weighted by Gasteiger charge is 2.17. The molecule has 100 valence electrons. The quantitative estimate of drug-likeness (QED) is 0.649. The summed E-state index contributed by atoms with van der Waals surface area (Å²) in [6.45, 7) is 5.76. The van der Waals surface area contributed by atoms with Gasteiger partial charge in [0.15, 0.2) is 5.82 Å². The van der Waals surface area contributed by atoms with Gasteiger partial charge in [-0.2, -0.15) is 0 Å². The molecule has 0 aliphatic carbocycles. The predicted molar refractivity (Wildman–Crippen MR) is 67.1 cm³/mol. The average Bonchev–Trinajstić information content (AvgIpc) is 2.29. The standard InChI is InChI=1S/C13H18FNO3/c1-4-5-17-13(16)10-6-9(18-8(2)3)7-11(14)12(10)15/h6-8H,4-5,15H2,1-3H3. The minimum atomic E-state index is -0.684. The third-order valence-corrected chi connectivity index (χ3v) is 2.13. The number of benzene rings is 1. The van der Waals surface area contributed by atoms with Gasteiger partial charge in [0.2, 0.25) is 0 Å². The largest absolute Gasteiger partial charge is 0.491 e. The van der Waals surface area contributed by atoms with Gasteiger partial charge in [0.1, 0.15) is 5.75 Å². The maximum Gasteiger partial charge on any atom is 0.340 e. The Morgan fingerprint density at radius 1 is 1.44 bits per heavy atom. The van der Waals surface area contributed by atoms with Gasteiger partial charge in [-0.3, -0.25) is 0 Å². The van der Waals surface area contributed by atoms with E-state index in [0.29, 0.717) is 6.42 Å². The van der Waals surface area contributed by atoms with Gasteiger partial charge in [0.05, 0.1) is 24.0 Å². The molecule has 1 aromatic rings. The molecule has 2 N–H and O–H groups in total. The molecule has 0 fully saturated rings. The van der Waals surface area contributed by atoms with Gasteiger partial charge in [0, 0.05) is 6.07 Å². The van der Waals surface area contributed by atoms with Crippen molar-refractivity contribution in [1.29, 1.82) is 0 Å². The summed E-state index contributed by atoms with van der Waals surface area (Å²) in [7, 11) is 0. The van der Waals surface area contributed by atoms with Crippen molar-refractivity contribution < 1.29 is 18.7 Å². The van der Waals surface area contributed by atoms with Crippen LogP contribution in [0.25, 0.3) is 0 Å². The lowest BCUT2D eigenvalue weighted by atomic mass is 10.1. The minimum absolute atomic E-state index is 0.000833. The zero-order valence-corrected chi connectivity index (χ0v) is 10.8. The molecule has 1 rings (SSSR count). The molecule has 0 aromatic heterocycles. The summed E-state index contributed by atoms with van der Waals surface area (Å²) in [6, 6.07) is 2.56. The molecule has 0 unspecified atom stereocenters. The SMILES string of the molecule is CCCOC(=O)c1cc(OC(C)C)cc(F)c1N. The number of hydrogen-bond donors (Lipinski definition) is 1. The number of anilines is 1. The molecule has 0 saturated heterocycles. The monoisotopic (exact) mass is 255 g/mol. The topological polar surface area (TPSA) is 61.5 Å². The molecule has 0 radical (unpaired) electrons. The van der Waals surface area contributed by atoms with Crippen LogP contribution in [0.1, 0.15) is 37.6 Å². The van der Waals surface area contributed by atoms with Crippen LogP contribution in [0.2, 0.25) is 0 Å². The van der Waals surface area contributed by atoms with Crippen molar-refractivity contribution in [1.82, 2.24) is 0 Å². The van der Waals surface area contributed by atoms with Gasteiger partial charge in [-0.15, -0.1) is 0 Å². The number of carbonyl (C=O) groups excluding carboxylic acids is 1. The molecular formula is C13H18FNO3. The normalized spacial score (nSPS) is 10.5. The fourth-order valence-electron chi connectivity index (χ4n) is 1.37. The van der Waals surface area contributed by atoms with Crippen LogP contribution in [0.15, 0.2) is 12.1 Å². The Morgan fingerprint density at radius 2 is 2.11 bits per heavy atom. The van der Waals surface area contributed by atoms with Gasteiger partial charge in [-0.25, -0.2) is 9.18 Å². The Bertz CT molecular complexity index is 432. The first-order valence-electron chi connectivity index (χ1n) is 5.88. The molecule has 0 aliphatic heterocycles. The summed E-state index contributed by atoms with van der Waals surface area (Å²) in [5.41, 5.74) is 5.31. The van der Waals surface area contributed by atoms with Gasteiger partial charge in [-0.05, 0) is 26.3 Å². The highest BCUT2D eigenvalue weighted by atomic mass is 19.1. The lowest BCUT2D eigenvalue weighted by molar-refractivity contribution is 0.0505. The molecule has 4 nitrogen and oxygen atoms in total. The Kier molecular flexibility index (Phi) is 4.95. The first-order valence-corrected chi connectivity index (χ1v) is 5.88. The molecule has 0 spiro atoms. The fraction of sp³-hybridized carbons (Fsp3) is 0.462. The molecule has 1 aromatic carbocycles. The van der Waals surface area contributed by atoms with Crippen molar-refractivity contribution >= 4 is 11.7 Å². The Hall–Kier alpha value is -1.78. The first kappa shape index (κ1) is 14.3. The Labute approximate surface area is 106 Å². The van der Waals surface area contributed by atoms with E-state index in [0.717, 1.165) is 6.07 Å². The minimum Gasteiger partial charge on any atom is -0.491 e. The fourth-order valence-corrected chi connectivity index (χ4v) is 1.37. The van der Waals surface area contributed by atoms with Crippen LogP contribution in [0, 0.1) is 5.82 Å². The number of nitrogens with two attached hydrogens (primary N) is 1.